The Kier molecular flexibility index (Phi) is 4.03. The van der Waals surface area contributed by atoms with Crippen LogP contribution in [-0.4, -0.2) is 35.2 Å². The molecule has 1 aromatic carbocycles. The Hall–Kier alpha value is -2.67. The van der Waals surface area contributed by atoms with Gasteiger partial charge in [-0.15, -0.1) is 0 Å². The fraction of sp³-hybridized carbons (Fsp3) is 0.263. The number of aryl methyl sites for hydroxylation is 1. The van der Waals surface area contributed by atoms with Gasteiger partial charge in [0.05, 0.1) is 17.4 Å². The van der Waals surface area contributed by atoms with Gasteiger partial charge >= 0.3 is 0 Å². The van der Waals surface area contributed by atoms with E-state index in [2.05, 4.69) is 10.3 Å². The maximum absolute atomic E-state index is 12.7. The monoisotopic (exact) mass is 369 g/mol. The number of pyridine rings is 1. The molecule has 3 heterocycles. The Morgan fingerprint density at radius 3 is 2.65 bits per heavy atom. The molecule has 134 valence electrons. The third-order valence-corrected chi connectivity index (χ3v) is 6.43. The molecule has 2 aromatic heterocycles. The van der Waals surface area contributed by atoms with E-state index < -0.39 is 15.8 Å². The van der Waals surface area contributed by atoms with Crippen LogP contribution in [0.15, 0.2) is 48.7 Å². The van der Waals surface area contributed by atoms with Crippen LogP contribution in [0.5, 0.6) is 0 Å². The molecule has 0 bridgehead atoms. The largest absolute Gasteiger partial charge is 0.310 e. The molecule has 1 saturated heterocycles. The molecule has 1 amide bonds. The highest BCUT2D eigenvalue weighted by atomic mass is 32.2. The average molecular weight is 369 g/mol. The van der Waals surface area contributed by atoms with Gasteiger partial charge in [0.15, 0.2) is 9.84 Å². The smallest absolute Gasteiger partial charge is 0.229 e. The molecule has 0 spiro atoms. The summed E-state index contributed by atoms with van der Waals surface area (Å²) < 4.78 is 25.2. The van der Waals surface area contributed by atoms with Crippen molar-refractivity contribution in [2.24, 2.45) is 5.92 Å². The lowest BCUT2D eigenvalue weighted by atomic mass is 10.1. The number of hydrogen-bond donors (Lipinski definition) is 1. The van der Waals surface area contributed by atoms with Crippen LogP contribution in [0, 0.1) is 12.8 Å². The number of imidazole rings is 1. The van der Waals surface area contributed by atoms with Crippen LogP contribution >= 0.6 is 0 Å². The number of amides is 1. The van der Waals surface area contributed by atoms with Gasteiger partial charge in [-0.2, -0.15) is 0 Å². The first-order valence-electron chi connectivity index (χ1n) is 8.48. The molecule has 1 aliphatic rings. The zero-order valence-electron chi connectivity index (χ0n) is 14.3. The van der Waals surface area contributed by atoms with Gasteiger partial charge in [0.2, 0.25) is 5.91 Å². The lowest BCUT2D eigenvalue weighted by Crippen LogP contribution is -2.24. The van der Waals surface area contributed by atoms with E-state index in [0.717, 1.165) is 16.8 Å². The lowest BCUT2D eigenvalue weighted by molar-refractivity contribution is -0.119. The second-order valence-corrected chi connectivity index (χ2v) is 8.93. The summed E-state index contributed by atoms with van der Waals surface area (Å²) in [6, 6.07) is 13.5. The van der Waals surface area contributed by atoms with Crippen molar-refractivity contribution >= 4 is 27.2 Å². The van der Waals surface area contributed by atoms with Crippen molar-refractivity contribution in [1.82, 2.24) is 9.38 Å². The zero-order valence-corrected chi connectivity index (χ0v) is 15.2. The van der Waals surface area contributed by atoms with Crippen LogP contribution in [0.1, 0.15) is 12.0 Å². The Morgan fingerprint density at radius 2 is 1.96 bits per heavy atom. The zero-order chi connectivity index (χ0) is 18.3. The normalized spacial score (nSPS) is 18.9. The summed E-state index contributed by atoms with van der Waals surface area (Å²) in [6.45, 7) is 1.97. The number of nitrogens with zero attached hydrogens (tertiary/aromatic N) is 2. The maximum Gasteiger partial charge on any atom is 0.229 e. The third kappa shape index (κ3) is 3.10. The van der Waals surface area contributed by atoms with Crippen LogP contribution in [-0.2, 0) is 14.6 Å². The number of sulfone groups is 1. The lowest BCUT2D eigenvalue weighted by Gasteiger charge is -2.11. The first kappa shape index (κ1) is 16.8. The topological polar surface area (TPSA) is 80.5 Å². The van der Waals surface area contributed by atoms with Crippen molar-refractivity contribution in [3.63, 3.8) is 0 Å². The van der Waals surface area contributed by atoms with Crippen molar-refractivity contribution in [3.8, 4) is 11.3 Å². The van der Waals surface area contributed by atoms with Crippen molar-refractivity contribution in [1.29, 1.82) is 0 Å². The summed E-state index contributed by atoms with van der Waals surface area (Å²) in [5, 5.41) is 2.94. The summed E-state index contributed by atoms with van der Waals surface area (Å²) in [5.41, 5.74) is 3.32. The maximum atomic E-state index is 12.7. The predicted octanol–water partition coefficient (Wildman–Crippen LogP) is 2.68. The first-order chi connectivity index (χ1) is 12.4. The van der Waals surface area contributed by atoms with Gasteiger partial charge in [-0.05, 0) is 25.0 Å². The molecule has 0 saturated carbocycles. The number of benzene rings is 1. The van der Waals surface area contributed by atoms with Crippen LogP contribution in [0.4, 0.5) is 5.82 Å². The van der Waals surface area contributed by atoms with Gasteiger partial charge in [0.1, 0.15) is 17.2 Å². The standard InChI is InChI=1S/C19H19N3O3S/c1-13-7-8-16-20-17(14-5-3-2-4-6-14)18(22(16)11-13)21-19(23)15-9-10-26(24,25)12-15/h2-8,11,15H,9-10,12H2,1H3,(H,21,23). The summed E-state index contributed by atoms with van der Waals surface area (Å²) in [6.07, 6.45) is 2.28. The summed E-state index contributed by atoms with van der Waals surface area (Å²) in [4.78, 5) is 17.4. The molecule has 1 atom stereocenters. The van der Waals surface area contributed by atoms with Gasteiger partial charge in [0, 0.05) is 11.8 Å². The van der Waals surface area contributed by atoms with E-state index in [0.29, 0.717) is 17.9 Å². The van der Waals surface area contributed by atoms with Crippen molar-refractivity contribution in [3.05, 3.63) is 54.2 Å². The summed E-state index contributed by atoms with van der Waals surface area (Å²) >= 11 is 0. The molecule has 6 nitrogen and oxygen atoms in total. The minimum absolute atomic E-state index is 0.0723. The molecule has 7 heteroatoms. The summed E-state index contributed by atoms with van der Waals surface area (Å²) in [7, 11) is -3.11. The number of hydrogen-bond acceptors (Lipinski definition) is 4. The number of carbonyl (C=O) groups is 1. The number of anilines is 1. The Bertz CT molecular complexity index is 1090. The van der Waals surface area contributed by atoms with E-state index in [9.17, 15) is 13.2 Å². The number of aromatic nitrogens is 2. The molecule has 1 fully saturated rings. The fourth-order valence-electron chi connectivity index (χ4n) is 3.29. The van der Waals surface area contributed by atoms with E-state index in [4.69, 9.17) is 0 Å². The Balaban J connectivity index is 1.77. The summed E-state index contributed by atoms with van der Waals surface area (Å²) in [5.74, 6) is -0.229. The fourth-order valence-corrected chi connectivity index (χ4v) is 5.03. The highest BCUT2D eigenvalue weighted by Gasteiger charge is 2.33. The van der Waals surface area contributed by atoms with Crippen LogP contribution < -0.4 is 5.32 Å². The van der Waals surface area contributed by atoms with Gasteiger partial charge in [-0.25, -0.2) is 13.4 Å². The highest BCUT2D eigenvalue weighted by Crippen LogP contribution is 2.30. The second-order valence-electron chi connectivity index (χ2n) is 6.70. The van der Waals surface area contributed by atoms with Crippen LogP contribution in [0.25, 0.3) is 16.9 Å². The van der Waals surface area contributed by atoms with E-state index in [1.54, 1.807) is 0 Å². The SMILES string of the molecule is Cc1ccc2nc(-c3ccccc3)c(NC(=O)C3CCS(=O)(=O)C3)n2c1. The Labute approximate surface area is 151 Å². The predicted molar refractivity (Wildman–Crippen MR) is 101 cm³/mol. The van der Waals surface area contributed by atoms with E-state index in [-0.39, 0.29) is 17.4 Å². The van der Waals surface area contributed by atoms with Crippen LogP contribution in [0.3, 0.4) is 0 Å². The molecule has 0 aliphatic carbocycles. The average Bonchev–Trinajstić information content (AvgIpc) is 3.16. The number of fused-ring (bicyclic) bond motifs is 1. The van der Waals surface area contributed by atoms with Gasteiger partial charge < -0.3 is 5.32 Å². The number of nitrogens with one attached hydrogen (secondary N) is 1. The van der Waals surface area contributed by atoms with E-state index in [1.165, 1.54) is 0 Å². The van der Waals surface area contributed by atoms with E-state index >= 15 is 0 Å². The minimum Gasteiger partial charge on any atom is -0.310 e. The van der Waals surface area contributed by atoms with Gasteiger partial charge in [-0.3, -0.25) is 9.20 Å². The van der Waals surface area contributed by atoms with Crippen molar-refractivity contribution in [2.45, 2.75) is 13.3 Å². The third-order valence-electron chi connectivity index (χ3n) is 4.66. The number of rotatable bonds is 3. The van der Waals surface area contributed by atoms with Gasteiger partial charge in [0.25, 0.3) is 0 Å². The number of carbonyl (C=O) groups excluding carboxylic acids is 1. The van der Waals surface area contributed by atoms with Crippen molar-refractivity contribution in [2.75, 3.05) is 16.8 Å². The van der Waals surface area contributed by atoms with Gasteiger partial charge in [-0.1, -0.05) is 36.4 Å². The molecular weight excluding hydrogens is 350 g/mol. The highest BCUT2D eigenvalue weighted by molar-refractivity contribution is 7.91. The molecule has 0 radical (unpaired) electrons. The molecule has 1 aliphatic heterocycles. The van der Waals surface area contributed by atoms with Crippen LogP contribution in [0.2, 0.25) is 0 Å². The molecule has 26 heavy (non-hydrogen) atoms. The Morgan fingerprint density at radius 1 is 1.19 bits per heavy atom. The molecule has 4 rings (SSSR count). The molecule has 3 aromatic rings. The molecule has 1 unspecified atom stereocenters. The van der Waals surface area contributed by atoms with Crippen molar-refractivity contribution < 1.29 is 13.2 Å². The minimum atomic E-state index is -3.11. The first-order valence-corrected chi connectivity index (χ1v) is 10.3. The second kappa shape index (κ2) is 6.25. The molecular formula is C19H19N3O3S. The quantitative estimate of drug-likeness (QED) is 0.770. The van der Waals surface area contributed by atoms with E-state index in [1.807, 2.05) is 60.0 Å². The molecule has 1 N–H and O–H groups in total.